The number of imide groups is 1. The second-order valence-corrected chi connectivity index (χ2v) is 7.01. The van der Waals surface area contributed by atoms with Crippen LogP contribution in [0.3, 0.4) is 0 Å². The van der Waals surface area contributed by atoms with Gasteiger partial charge in [-0.1, -0.05) is 18.9 Å². The van der Waals surface area contributed by atoms with Crippen LogP contribution >= 0.6 is 0 Å². The normalized spacial score (nSPS) is 24.4. The van der Waals surface area contributed by atoms with Crippen LogP contribution in [0.2, 0.25) is 0 Å². The molecule has 1 saturated heterocycles. The van der Waals surface area contributed by atoms with Crippen LogP contribution in [-0.2, 0) is 20.9 Å². The van der Waals surface area contributed by atoms with Gasteiger partial charge in [0.1, 0.15) is 19.8 Å². The molecular weight excluding hydrogens is 336 g/mol. The van der Waals surface area contributed by atoms with E-state index >= 15 is 0 Å². The van der Waals surface area contributed by atoms with E-state index in [9.17, 15) is 14.4 Å². The number of amides is 3. The predicted octanol–water partition coefficient (Wildman–Crippen LogP) is 1.25. The van der Waals surface area contributed by atoms with Gasteiger partial charge in [0.05, 0.1) is 11.8 Å². The number of hydrogen-bond acceptors (Lipinski definition) is 5. The molecule has 3 amide bonds. The van der Waals surface area contributed by atoms with E-state index in [2.05, 4.69) is 5.32 Å². The molecule has 2 atom stereocenters. The second-order valence-electron chi connectivity index (χ2n) is 7.01. The molecule has 1 aliphatic carbocycles. The molecular formula is C19H22N2O5. The first kappa shape index (κ1) is 16.9. The van der Waals surface area contributed by atoms with Crippen molar-refractivity contribution in [2.24, 2.45) is 11.8 Å². The Morgan fingerprint density at radius 3 is 2.38 bits per heavy atom. The average molecular weight is 358 g/mol. The zero-order valence-corrected chi connectivity index (χ0v) is 14.5. The summed E-state index contributed by atoms with van der Waals surface area (Å²) < 4.78 is 11.0. The highest BCUT2D eigenvalue weighted by molar-refractivity contribution is 6.07. The fourth-order valence-corrected chi connectivity index (χ4v) is 3.98. The van der Waals surface area contributed by atoms with Crippen LogP contribution in [0.15, 0.2) is 18.2 Å². The third-order valence-corrected chi connectivity index (χ3v) is 5.33. The summed E-state index contributed by atoms with van der Waals surface area (Å²) in [6.07, 6.45) is 3.46. The quantitative estimate of drug-likeness (QED) is 0.819. The van der Waals surface area contributed by atoms with Gasteiger partial charge in [-0.2, -0.15) is 0 Å². The highest BCUT2D eigenvalue weighted by Gasteiger charge is 2.48. The maximum Gasteiger partial charge on any atom is 0.240 e. The Labute approximate surface area is 151 Å². The molecule has 4 rings (SSSR count). The van der Waals surface area contributed by atoms with Crippen molar-refractivity contribution < 1.29 is 23.9 Å². The maximum absolute atomic E-state index is 12.4. The molecule has 1 aromatic carbocycles. The summed E-state index contributed by atoms with van der Waals surface area (Å²) in [4.78, 5) is 38.2. The number of likely N-dealkylation sites (tertiary alicyclic amines) is 1. The van der Waals surface area contributed by atoms with Crippen molar-refractivity contribution in [2.45, 2.75) is 32.2 Å². The summed E-state index contributed by atoms with van der Waals surface area (Å²) in [5.41, 5.74) is 0.871. The minimum Gasteiger partial charge on any atom is -0.486 e. The van der Waals surface area contributed by atoms with Gasteiger partial charge >= 0.3 is 0 Å². The Morgan fingerprint density at radius 1 is 1.04 bits per heavy atom. The number of carbonyl (C=O) groups excluding carboxylic acids is 3. The summed E-state index contributed by atoms with van der Waals surface area (Å²) in [6, 6.07) is 5.50. The summed E-state index contributed by atoms with van der Waals surface area (Å²) in [6.45, 7) is 1.14. The molecule has 0 aromatic heterocycles. The molecule has 0 radical (unpaired) electrons. The number of nitrogens with zero attached hydrogens (tertiary/aromatic N) is 1. The molecule has 1 aromatic rings. The van der Waals surface area contributed by atoms with Gasteiger partial charge in [-0.15, -0.1) is 0 Å². The third kappa shape index (κ3) is 3.13. The molecule has 7 nitrogen and oxygen atoms in total. The van der Waals surface area contributed by atoms with Crippen LogP contribution in [0, 0.1) is 11.8 Å². The number of benzene rings is 1. The lowest BCUT2D eigenvalue weighted by atomic mass is 9.81. The van der Waals surface area contributed by atoms with Crippen LogP contribution in [0.4, 0.5) is 0 Å². The monoisotopic (exact) mass is 358 g/mol. The Kier molecular flexibility index (Phi) is 4.53. The standard InChI is InChI=1S/C19H22N2O5/c22-17(11-21-18(23)13-3-1-2-4-14(13)19(21)24)20-10-12-5-6-15-16(9-12)26-8-7-25-15/h5-6,9,13-14H,1-4,7-8,10-11H2,(H,20,22)/t13-,14+. The van der Waals surface area contributed by atoms with Crippen molar-refractivity contribution >= 4 is 17.7 Å². The van der Waals surface area contributed by atoms with Gasteiger partial charge in [-0.25, -0.2) is 0 Å². The highest BCUT2D eigenvalue weighted by atomic mass is 16.6. The van der Waals surface area contributed by atoms with Gasteiger partial charge in [0.2, 0.25) is 17.7 Å². The lowest BCUT2D eigenvalue weighted by Crippen LogP contribution is -2.40. The Morgan fingerprint density at radius 2 is 1.69 bits per heavy atom. The third-order valence-electron chi connectivity index (χ3n) is 5.33. The lowest BCUT2D eigenvalue weighted by Gasteiger charge is -2.19. The van der Waals surface area contributed by atoms with Crippen molar-refractivity contribution in [3.63, 3.8) is 0 Å². The first-order valence-electron chi connectivity index (χ1n) is 9.14. The molecule has 2 aliphatic heterocycles. The van der Waals surface area contributed by atoms with E-state index in [1.54, 1.807) is 0 Å². The van der Waals surface area contributed by atoms with E-state index < -0.39 is 0 Å². The van der Waals surface area contributed by atoms with E-state index in [1.165, 1.54) is 0 Å². The molecule has 7 heteroatoms. The van der Waals surface area contributed by atoms with Gasteiger partial charge in [-0.3, -0.25) is 19.3 Å². The minimum absolute atomic E-state index is 0.186. The van der Waals surface area contributed by atoms with Crippen LogP contribution in [0.5, 0.6) is 11.5 Å². The highest BCUT2D eigenvalue weighted by Crippen LogP contribution is 2.37. The number of hydrogen-bond donors (Lipinski definition) is 1. The lowest BCUT2D eigenvalue weighted by molar-refractivity contribution is -0.143. The molecule has 2 fully saturated rings. The van der Waals surface area contributed by atoms with Crippen molar-refractivity contribution in [2.75, 3.05) is 19.8 Å². The van der Waals surface area contributed by atoms with E-state index in [0.29, 0.717) is 31.3 Å². The molecule has 26 heavy (non-hydrogen) atoms. The molecule has 0 unspecified atom stereocenters. The smallest absolute Gasteiger partial charge is 0.240 e. The van der Waals surface area contributed by atoms with E-state index in [0.717, 1.165) is 36.1 Å². The van der Waals surface area contributed by atoms with Crippen LogP contribution in [0.25, 0.3) is 0 Å². The Balaban J connectivity index is 1.34. The predicted molar refractivity (Wildman–Crippen MR) is 91.4 cm³/mol. The first-order chi connectivity index (χ1) is 12.6. The SMILES string of the molecule is O=C(CN1C(=O)[C@H]2CCCC[C@H]2C1=O)NCc1ccc2c(c1)OCCO2. The van der Waals surface area contributed by atoms with Gasteiger partial charge in [0.15, 0.2) is 11.5 Å². The van der Waals surface area contributed by atoms with Crippen LogP contribution in [-0.4, -0.2) is 42.4 Å². The molecule has 138 valence electrons. The van der Waals surface area contributed by atoms with Gasteiger partial charge in [0.25, 0.3) is 0 Å². The average Bonchev–Trinajstić information content (AvgIpc) is 2.91. The largest absolute Gasteiger partial charge is 0.486 e. The molecule has 1 N–H and O–H groups in total. The van der Waals surface area contributed by atoms with E-state index in [4.69, 9.17) is 9.47 Å². The topological polar surface area (TPSA) is 84.9 Å². The zero-order chi connectivity index (χ0) is 18.1. The Bertz CT molecular complexity index is 723. The molecule has 0 bridgehead atoms. The molecule has 1 saturated carbocycles. The van der Waals surface area contributed by atoms with Gasteiger partial charge in [-0.05, 0) is 30.5 Å². The number of fused-ring (bicyclic) bond motifs is 2. The summed E-state index contributed by atoms with van der Waals surface area (Å²) >= 11 is 0. The number of rotatable bonds is 4. The summed E-state index contributed by atoms with van der Waals surface area (Å²) in [5.74, 6) is 0.214. The maximum atomic E-state index is 12.4. The molecule has 3 aliphatic rings. The Hall–Kier alpha value is -2.57. The van der Waals surface area contributed by atoms with Gasteiger partial charge < -0.3 is 14.8 Å². The zero-order valence-electron chi connectivity index (χ0n) is 14.5. The summed E-state index contributed by atoms with van der Waals surface area (Å²) in [5, 5.41) is 2.77. The van der Waals surface area contributed by atoms with Crippen molar-refractivity contribution in [1.82, 2.24) is 10.2 Å². The van der Waals surface area contributed by atoms with E-state index in [1.807, 2.05) is 18.2 Å². The fourth-order valence-electron chi connectivity index (χ4n) is 3.98. The first-order valence-corrected chi connectivity index (χ1v) is 9.14. The summed E-state index contributed by atoms with van der Waals surface area (Å²) in [7, 11) is 0. The van der Waals surface area contributed by atoms with E-state index in [-0.39, 0.29) is 36.1 Å². The second kappa shape index (κ2) is 6.97. The van der Waals surface area contributed by atoms with Crippen molar-refractivity contribution in [1.29, 1.82) is 0 Å². The number of nitrogens with one attached hydrogen (secondary N) is 1. The van der Waals surface area contributed by atoms with Crippen molar-refractivity contribution in [3.05, 3.63) is 23.8 Å². The van der Waals surface area contributed by atoms with Crippen LogP contribution < -0.4 is 14.8 Å². The number of ether oxygens (including phenoxy) is 2. The fraction of sp³-hybridized carbons (Fsp3) is 0.526. The van der Waals surface area contributed by atoms with Gasteiger partial charge in [0, 0.05) is 6.54 Å². The number of carbonyl (C=O) groups is 3. The van der Waals surface area contributed by atoms with Crippen LogP contribution in [0.1, 0.15) is 31.2 Å². The molecule has 2 heterocycles. The minimum atomic E-state index is -0.333. The molecule has 0 spiro atoms. The van der Waals surface area contributed by atoms with Crippen molar-refractivity contribution in [3.8, 4) is 11.5 Å².